The van der Waals surface area contributed by atoms with E-state index in [1.165, 1.54) is 0 Å². The molecule has 0 aliphatic heterocycles. The molecule has 0 saturated heterocycles. The third-order valence-corrected chi connectivity index (χ3v) is 4.67. The van der Waals surface area contributed by atoms with Crippen LogP contribution in [-0.4, -0.2) is 37.4 Å². The highest BCUT2D eigenvalue weighted by atomic mass is 127. The van der Waals surface area contributed by atoms with Crippen LogP contribution >= 0.6 is 35.6 Å². The number of nitrogens with one attached hydrogen (secondary N) is 2. The lowest BCUT2D eigenvalue weighted by molar-refractivity contribution is 0.375. The minimum atomic E-state index is -0.0917. The zero-order valence-electron chi connectivity index (χ0n) is 17.7. The molecule has 0 spiro atoms. The van der Waals surface area contributed by atoms with Crippen LogP contribution in [0.3, 0.4) is 0 Å². The Hall–Kier alpha value is -2.53. The molecular weight excluding hydrogens is 533 g/mol. The van der Waals surface area contributed by atoms with Crippen LogP contribution in [0, 0.1) is 0 Å². The Balaban J connectivity index is 0.00000341. The summed E-state index contributed by atoms with van der Waals surface area (Å²) in [7, 11) is 4.96. The van der Waals surface area contributed by atoms with Crippen LogP contribution in [0.15, 0.2) is 52.0 Å². The Morgan fingerprint density at radius 1 is 1.19 bits per heavy atom. The third-order valence-electron chi connectivity index (χ3n) is 4.44. The van der Waals surface area contributed by atoms with Gasteiger partial charge in [-0.1, -0.05) is 28.9 Å². The van der Waals surface area contributed by atoms with Crippen molar-refractivity contribution in [3.63, 3.8) is 0 Å². The van der Waals surface area contributed by atoms with Gasteiger partial charge < -0.3 is 24.6 Å². The van der Waals surface area contributed by atoms with Crippen LogP contribution < -0.4 is 20.1 Å². The van der Waals surface area contributed by atoms with Crippen LogP contribution in [0.5, 0.6) is 11.5 Å². The number of hydrogen-bond acceptors (Lipinski definition) is 6. The maximum atomic E-state index is 6.02. The Labute approximate surface area is 203 Å². The number of benzene rings is 2. The first-order chi connectivity index (χ1) is 14.5. The normalized spacial score (nSPS) is 12.0. The van der Waals surface area contributed by atoms with E-state index < -0.39 is 0 Å². The molecule has 0 bridgehead atoms. The molecule has 0 saturated carbocycles. The van der Waals surface area contributed by atoms with Gasteiger partial charge in [0.1, 0.15) is 11.5 Å². The molecule has 0 aliphatic carbocycles. The first-order valence-corrected chi connectivity index (χ1v) is 9.69. The SMILES string of the molecule is CN=C(NCc1nc(-c2cccc(Cl)c2)no1)NC(C)c1cc(OC)ccc1OC.I. The molecule has 3 rings (SSSR count). The summed E-state index contributed by atoms with van der Waals surface area (Å²) in [4.78, 5) is 8.66. The second kappa shape index (κ2) is 11.8. The van der Waals surface area contributed by atoms with Gasteiger partial charge in [0, 0.05) is 23.2 Å². The molecular formula is C21H25ClIN5O3. The summed E-state index contributed by atoms with van der Waals surface area (Å²) in [6, 6.07) is 12.9. The monoisotopic (exact) mass is 557 g/mol. The van der Waals surface area contributed by atoms with Crippen molar-refractivity contribution in [2.75, 3.05) is 21.3 Å². The average Bonchev–Trinajstić information content (AvgIpc) is 3.25. The molecule has 1 unspecified atom stereocenters. The minimum absolute atomic E-state index is 0. The van der Waals surface area contributed by atoms with E-state index in [9.17, 15) is 0 Å². The molecule has 10 heteroatoms. The topological polar surface area (TPSA) is 93.8 Å². The molecule has 2 N–H and O–H groups in total. The van der Waals surface area contributed by atoms with E-state index in [1.807, 2.05) is 37.3 Å². The number of guanidine groups is 1. The zero-order valence-corrected chi connectivity index (χ0v) is 20.8. The second-order valence-corrected chi connectivity index (χ2v) is 6.86. The summed E-state index contributed by atoms with van der Waals surface area (Å²) in [6.07, 6.45) is 0. The summed E-state index contributed by atoms with van der Waals surface area (Å²) < 4.78 is 16.1. The number of rotatable bonds is 7. The van der Waals surface area contributed by atoms with Gasteiger partial charge in [-0.3, -0.25) is 4.99 Å². The molecule has 0 radical (unpaired) electrons. The molecule has 1 heterocycles. The summed E-state index contributed by atoms with van der Waals surface area (Å²) >= 11 is 6.02. The second-order valence-electron chi connectivity index (χ2n) is 6.42. The van der Waals surface area contributed by atoms with E-state index in [1.54, 1.807) is 33.4 Å². The van der Waals surface area contributed by atoms with Gasteiger partial charge in [-0.15, -0.1) is 24.0 Å². The Morgan fingerprint density at radius 3 is 2.68 bits per heavy atom. The Kier molecular flexibility index (Phi) is 9.38. The number of aromatic nitrogens is 2. The largest absolute Gasteiger partial charge is 0.497 e. The fourth-order valence-electron chi connectivity index (χ4n) is 2.89. The Bertz CT molecular complexity index is 1030. The highest BCUT2D eigenvalue weighted by Crippen LogP contribution is 2.29. The van der Waals surface area contributed by atoms with Crippen molar-refractivity contribution in [1.82, 2.24) is 20.8 Å². The Morgan fingerprint density at radius 2 is 2.00 bits per heavy atom. The molecule has 0 fully saturated rings. The van der Waals surface area contributed by atoms with E-state index in [-0.39, 0.29) is 30.0 Å². The third kappa shape index (κ3) is 6.47. The van der Waals surface area contributed by atoms with Crippen LogP contribution in [-0.2, 0) is 6.54 Å². The molecule has 0 amide bonds. The lowest BCUT2D eigenvalue weighted by Gasteiger charge is -2.20. The van der Waals surface area contributed by atoms with Crippen LogP contribution in [0.4, 0.5) is 0 Å². The molecule has 166 valence electrons. The molecule has 8 nitrogen and oxygen atoms in total. The highest BCUT2D eigenvalue weighted by molar-refractivity contribution is 14.0. The van der Waals surface area contributed by atoms with Gasteiger partial charge >= 0.3 is 0 Å². The summed E-state index contributed by atoms with van der Waals surface area (Å²) in [5.74, 6) is 3.00. The number of hydrogen-bond donors (Lipinski definition) is 2. The molecule has 1 aromatic heterocycles. The summed E-state index contributed by atoms with van der Waals surface area (Å²) in [6.45, 7) is 2.32. The van der Waals surface area contributed by atoms with E-state index in [0.717, 1.165) is 22.6 Å². The smallest absolute Gasteiger partial charge is 0.246 e. The van der Waals surface area contributed by atoms with Crippen molar-refractivity contribution in [2.24, 2.45) is 4.99 Å². The number of halogens is 2. The van der Waals surface area contributed by atoms with Gasteiger partial charge in [0.2, 0.25) is 11.7 Å². The molecule has 3 aromatic rings. The van der Waals surface area contributed by atoms with E-state index in [2.05, 4.69) is 25.8 Å². The van der Waals surface area contributed by atoms with Gasteiger partial charge in [0.25, 0.3) is 0 Å². The van der Waals surface area contributed by atoms with Gasteiger partial charge in [0.05, 0.1) is 26.8 Å². The first kappa shape index (κ1) is 24.7. The quantitative estimate of drug-likeness (QED) is 0.252. The van der Waals surface area contributed by atoms with Crippen LogP contribution in [0.1, 0.15) is 24.4 Å². The van der Waals surface area contributed by atoms with Crippen molar-refractivity contribution in [3.05, 3.63) is 58.9 Å². The minimum Gasteiger partial charge on any atom is -0.497 e. The fourth-order valence-corrected chi connectivity index (χ4v) is 3.08. The maximum Gasteiger partial charge on any atom is 0.246 e. The first-order valence-electron chi connectivity index (χ1n) is 9.31. The number of ether oxygens (including phenoxy) is 2. The van der Waals surface area contributed by atoms with Crippen molar-refractivity contribution >= 4 is 41.5 Å². The van der Waals surface area contributed by atoms with Crippen LogP contribution in [0.2, 0.25) is 5.02 Å². The predicted octanol–water partition coefficient (Wildman–Crippen LogP) is 4.45. The maximum absolute atomic E-state index is 6.02. The number of methoxy groups -OCH3 is 2. The van der Waals surface area contributed by atoms with Crippen molar-refractivity contribution in [2.45, 2.75) is 19.5 Å². The summed E-state index contributed by atoms with van der Waals surface area (Å²) in [5, 5.41) is 11.1. The molecule has 31 heavy (non-hydrogen) atoms. The molecule has 2 aromatic carbocycles. The van der Waals surface area contributed by atoms with Gasteiger partial charge in [-0.05, 0) is 37.3 Å². The molecule has 0 aliphatic rings. The van der Waals surface area contributed by atoms with Gasteiger partial charge in [-0.25, -0.2) is 0 Å². The predicted molar refractivity (Wildman–Crippen MR) is 131 cm³/mol. The van der Waals surface area contributed by atoms with Gasteiger partial charge in [-0.2, -0.15) is 4.98 Å². The molecule has 1 atom stereocenters. The highest BCUT2D eigenvalue weighted by Gasteiger charge is 2.15. The number of nitrogens with zero attached hydrogens (tertiary/aromatic N) is 3. The van der Waals surface area contributed by atoms with Crippen molar-refractivity contribution < 1.29 is 14.0 Å². The fraction of sp³-hybridized carbons (Fsp3) is 0.286. The number of aliphatic imine (C=N–C) groups is 1. The van der Waals surface area contributed by atoms with Crippen molar-refractivity contribution in [1.29, 1.82) is 0 Å². The average molecular weight is 558 g/mol. The van der Waals surface area contributed by atoms with Gasteiger partial charge in [0.15, 0.2) is 5.96 Å². The van der Waals surface area contributed by atoms with E-state index in [4.69, 9.17) is 25.6 Å². The van der Waals surface area contributed by atoms with E-state index in [0.29, 0.717) is 29.2 Å². The van der Waals surface area contributed by atoms with E-state index >= 15 is 0 Å². The lowest BCUT2D eigenvalue weighted by Crippen LogP contribution is -2.38. The van der Waals surface area contributed by atoms with Crippen LogP contribution in [0.25, 0.3) is 11.4 Å². The summed E-state index contributed by atoms with van der Waals surface area (Å²) in [5.41, 5.74) is 1.74. The lowest BCUT2D eigenvalue weighted by atomic mass is 10.1. The standard InChI is InChI=1S/C21H24ClN5O3.HI/c1-13(17-11-16(28-3)8-9-18(17)29-4)25-21(23-2)24-12-19-26-20(27-30-19)14-6-5-7-15(22)10-14;/h5-11,13H,12H2,1-4H3,(H2,23,24,25);1H. The van der Waals surface area contributed by atoms with Crippen molar-refractivity contribution in [3.8, 4) is 22.9 Å². The zero-order chi connectivity index (χ0) is 21.5.